The average molecular weight is 747 g/mol. The summed E-state index contributed by atoms with van der Waals surface area (Å²) in [6.07, 6.45) is 0. The molecule has 0 fully saturated rings. The fourth-order valence-electron chi connectivity index (χ4n) is 8.31. The van der Waals surface area contributed by atoms with Crippen LogP contribution < -0.4 is 0 Å². The van der Waals surface area contributed by atoms with Crippen LogP contribution in [0, 0.1) is 0 Å². The molecule has 58 heavy (non-hydrogen) atoms. The van der Waals surface area contributed by atoms with Crippen molar-refractivity contribution in [2.45, 2.75) is 0 Å². The molecule has 12 rings (SSSR count). The zero-order valence-electron chi connectivity index (χ0n) is 36.7. The van der Waals surface area contributed by atoms with Crippen molar-refractivity contribution in [3.05, 3.63) is 194 Å². The van der Waals surface area contributed by atoms with Gasteiger partial charge in [0.25, 0.3) is 0 Å². The Kier molecular flexibility index (Phi) is 5.94. The van der Waals surface area contributed by atoms with Crippen molar-refractivity contribution in [1.82, 2.24) is 19.5 Å². The Morgan fingerprint density at radius 1 is 0.431 bits per heavy atom. The van der Waals surface area contributed by atoms with Gasteiger partial charge in [0.1, 0.15) is 11.2 Å². The summed E-state index contributed by atoms with van der Waals surface area (Å²) in [6, 6.07) is 50.2. The van der Waals surface area contributed by atoms with Crippen molar-refractivity contribution in [3.63, 3.8) is 0 Å². The maximum atomic E-state index is 10.2. The van der Waals surface area contributed by atoms with Crippen molar-refractivity contribution < 1.29 is 12.6 Å². The molecule has 0 amide bonds. The van der Waals surface area contributed by atoms with Crippen LogP contribution in [0.5, 0.6) is 0 Å². The third kappa shape index (κ3) is 5.07. The highest BCUT2D eigenvalue weighted by molar-refractivity contribution is 6.16. The molecular weight excluding hydrogens is 709 g/mol. The number of aromatic nitrogens is 4. The number of nitrogens with zero attached hydrogens (tertiary/aromatic N) is 4. The van der Waals surface area contributed by atoms with Crippen molar-refractivity contribution in [2.24, 2.45) is 0 Å². The Morgan fingerprint density at radius 2 is 1.05 bits per heavy atom. The molecule has 0 N–H and O–H groups in total. The number of hydrogen-bond donors (Lipinski definition) is 0. The van der Waals surface area contributed by atoms with Crippen molar-refractivity contribution in [1.29, 1.82) is 0 Å². The second-order valence-corrected chi connectivity index (χ2v) is 14.3. The van der Waals surface area contributed by atoms with Gasteiger partial charge in [-0.1, -0.05) is 152 Å². The quantitative estimate of drug-likeness (QED) is 0.176. The van der Waals surface area contributed by atoms with E-state index < -0.39 is 12.1 Å². The molecule has 0 spiro atoms. The Balaban J connectivity index is 1.19. The molecule has 0 unspecified atom stereocenters. The van der Waals surface area contributed by atoms with Gasteiger partial charge >= 0.3 is 0 Å². The summed E-state index contributed by atoms with van der Waals surface area (Å²) in [5.41, 5.74) is 5.28. The molecule has 3 heterocycles. The largest absolute Gasteiger partial charge is 0.456 e. The molecule has 0 aliphatic carbocycles. The zero-order chi connectivity index (χ0) is 43.4. The van der Waals surface area contributed by atoms with E-state index in [-0.39, 0.29) is 63.1 Å². The van der Waals surface area contributed by atoms with Crippen molar-refractivity contribution >= 4 is 65.3 Å². The van der Waals surface area contributed by atoms with Crippen LogP contribution in [0.15, 0.2) is 198 Å². The van der Waals surface area contributed by atoms with Gasteiger partial charge in [-0.05, 0) is 69.7 Å². The summed E-state index contributed by atoms with van der Waals surface area (Å²) >= 11 is 0. The zero-order valence-corrected chi connectivity index (χ0v) is 30.7. The van der Waals surface area contributed by atoms with Gasteiger partial charge < -0.3 is 8.98 Å². The summed E-state index contributed by atoms with van der Waals surface area (Å²) in [5, 5.41) is 6.39. The molecule has 0 radical (unpaired) electrons. The Labute approximate surface area is 341 Å². The van der Waals surface area contributed by atoms with E-state index in [2.05, 4.69) is 59.2 Å². The lowest BCUT2D eigenvalue weighted by atomic mass is 9.93. The van der Waals surface area contributed by atoms with E-state index in [1.165, 1.54) is 0 Å². The number of benzene rings is 9. The van der Waals surface area contributed by atoms with Crippen LogP contribution in [0.1, 0.15) is 8.22 Å². The summed E-state index contributed by atoms with van der Waals surface area (Å²) < 4.78 is 64.0. The maximum absolute atomic E-state index is 10.2. The van der Waals surface area contributed by atoms with Gasteiger partial charge in [-0.2, -0.15) is 0 Å². The normalized spacial score (nSPS) is 13.2. The number of rotatable bonds is 5. The highest BCUT2D eigenvalue weighted by atomic mass is 16.3. The second kappa shape index (κ2) is 12.8. The minimum Gasteiger partial charge on any atom is -0.456 e. The van der Waals surface area contributed by atoms with Gasteiger partial charge in [0.2, 0.25) is 0 Å². The predicted molar refractivity (Wildman–Crippen MR) is 238 cm³/mol. The fourth-order valence-corrected chi connectivity index (χ4v) is 8.31. The molecular formula is C53H32N4O. The standard InChI is InChI=1S/C53H32N4O/c1-3-15-33(16-4-1)51-54-52(34-17-5-2-6-18-34)56-53(55-51)44-30-37(32-49-50(44)42-24-12-14-26-48(42)58-49)38-27-28-46(40-22-10-9-21-39(38)40)57-45-25-13-11-23-41(45)43-29-35-19-7-8-20-36(35)31-47(43)57/h1-32H/i12D,14D,24D,26D,30D,32D. The highest BCUT2D eigenvalue weighted by Gasteiger charge is 2.22. The third-order valence-corrected chi connectivity index (χ3v) is 10.9. The van der Waals surface area contributed by atoms with Crippen LogP contribution in [0.4, 0.5) is 0 Å². The Morgan fingerprint density at radius 3 is 1.81 bits per heavy atom. The first kappa shape index (κ1) is 26.8. The van der Waals surface area contributed by atoms with Crippen LogP contribution in [-0.4, -0.2) is 19.5 Å². The molecule has 12 aromatic rings. The van der Waals surface area contributed by atoms with Gasteiger partial charge in [0.15, 0.2) is 17.5 Å². The van der Waals surface area contributed by atoms with Gasteiger partial charge in [0.05, 0.1) is 24.9 Å². The summed E-state index contributed by atoms with van der Waals surface area (Å²) in [4.78, 5) is 14.9. The van der Waals surface area contributed by atoms with E-state index in [4.69, 9.17) is 24.9 Å². The lowest BCUT2D eigenvalue weighted by Crippen LogP contribution is -2.00. The van der Waals surface area contributed by atoms with E-state index in [9.17, 15) is 2.74 Å². The molecule has 0 saturated heterocycles. The van der Waals surface area contributed by atoms with Crippen LogP contribution in [-0.2, 0) is 0 Å². The van der Waals surface area contributed by atoms with Crippen LogP contribution in [0.25, 0.3) is 116 Å². The first-order valence-electron chi connectivity index (χ1n) is 22.0. The van der Waals surface area contributed by atoms with Gasteiger partial charge in [0, 0.05) is 43.6 Å². The summed E-state index contributed by atoms with van der Waals surface area (Å²) in [7, 11) is 0. The maximum Gasteiger partial charge on any atom is 0.164 e. The number of para-hydroxylation sites is 2. The first-order valence-corrected chi connectivity index (χ1v) is 19.0. The van der Waals surface area contributed by atoms with E-state index in [1.54, 1.807) is 0 Å². The molecule has 270 valence electrons. The minimum absolute atomic E-state index is 0.00614. The van der Waals surface area contributed by atoms with Crippen LogP contribution >= 0.6 is 0 Å². The van der Waals surface area contributed by atoms with E-state index in [0.29, 0.717) is 28.3 Å². The van der Waals surface area contributed by atoms with E-state index >= 15 is 0 Å². The number of furan rings is 1. The monoisotopic (exact) mass is 746 g/mol. The lowest BCUT2D eigenvalue weighted by molar-refractivity contribution is 0.669. The Bertz CT molecular complexity index is 3870. The summed E-state index contributed by atoms with van der Waals surface area (Å²) in [5.74, 6) is 0.784. The molecule has 9 aromatic carbocycles. The van der Waals surface area contributed by atoms with Crippen LogP contribution in [0.2, 0.25) is 0 Å². The average Bonchev–Trinajstić information content (AvgIpc) is 3.89. The lowest BCUT2D eigenvalue weighted by Gasteiger charge is -2.16. The molecule has 0 aliphatic rings. The van der Waals surface area contributed by atoms with Crippen molar-refractivity contribution in [2.75, 3.05) is 0 Å². The predicted octanol–water partition coefficient (Wildman–Crippen LogP) is 13.8. The summed E-state index contributed by atoms with van der Waals surface area (Å²) in [6.45, 7) is 0. The van der Waals surface area contributed by atoms with E-state index in [0.717, 1.165) is 49.0 Å². The van der Waals surface area contributed by atoms with Gasteiger partial charge in [-0.15, -0.1) is 0 Å². The fraction of sp³-hybridized carbons (Fsp3) is 0. The molecule has 3 aromatic heterocycles. The highest BCUT2D eigenvalue weighted by Crippen LogP contribution is 2.43. The molecule has 0 saturated carbocycles. The first-order chi connectivity index (χ1) is 31.3. The third-order valence-electron chi connectivity index (χ3n) is 10.9. The molecule has 0 atom stereocenters. The smallest absolute Gasteiger partial charge is 0.164 e. The molecule has 5 nitrogen and oxygen atoms in total. The van der Waals surface area contributed by atoms with Gasteiger partial charge in [-0.25, -0.2) is 15.0 Å². The van der Waals surface area contributed by atoms with Crippen LogP contribution in [0.3, 0.4) is 0 Å². The second-order valence-electron chi connectivity index (χ2n) is 14.3. The SMILES string of the molecule is [2H]c1c([2H])c([2H])c2c(oc3c([2H])c(-c4ccc(-n5c6ccccc6c6cc7ccccc7cc65)c5ccccc45)c([2H])c(-c4nc(-c5ccccc5)nc(-c5ccccc5)n4)c32)c1[2H]. The molecule has 0 bridgehead atoms. The Hall–Kier alpha value is -7.89. The van der Waals surface area contributed by atoms with Crippen molar-refractivity contribution in [3.8, 4) is 51.0 Å². The number of fused-ring (bicyclic) bond motifs is 8. The van der Waals surface area contributed by atoms with E-state index in [1.807, 2.05) is 103 Å². The number of hydrogen-bond acceptors (Lipinski definition) is 4. The molecule has 0 aliphatic heterocycles. The topological polar surface area (TPSA) is 56.7 Å². The van der Waals surface area contributed by atoms with Gasteiger partial charge in [-0.3, -0.25) is 0 Å². The minimum atomic E-state index is -0.464. The molecule has 5 heteroatoms.